The number of nitrogens with one attached hydrogen (secondary N) is 1. The highest BCUT2D eigenvalue weighted by Gasteiger charge is 2.28. The molecule has 0 aromatic heterocycles. The van der Waals surface area contributed by atoms with Gasteiger partial charge in [-0.25, -0.2) is 9.59 Å². The highest BCUT2D eigenvalue weighted by atomic mass is 16.6. The Balaban J connectivity index is 1.94. The lowest BCUT2D eigenvalue weighted by atomic mass is 10.1. The summed E-state index contributed by atoms with van der Waals surface area (Å²) in [6.07, 6.45) is -0.620. The largest absolute Gasteiger partial charge is 0.459 e. The molecule has 0 bridgehead atoms. The third-order valence-corrected chi connectivity index (χ3v) is 4.75. The molecule has 1 aliphatic rings. The van der Waals surface area contributed by atoms with Crippen molar-refractivity contribution in [2.75, 3.05) is 38.1 Å². The number of esters is 1. The van der Waals surface area contributed by atoms with E-state index in [0.717, 1.165) is 37.4 Å². The van der Waals surface area contributed by atoms with E-state index >= 15 is 0 Å². The number of ether oxygens (including phenoxy) is 2. The van der Waals surface area contributed by atoms with E-state index in [9.17, 15) is 9.59 Å². The monoisotopic (exact) mass is 405 g/mol. The summed E-state index contributed by atoms with van der Waals surface area (Å²) >= 11 is 0. The molecule has 7 heteroatoms. The Hall–Kier alpha value is -2.28. The molecule has 1 aliphatic heterocycles. The van der Waals surface area contributed by atoms with Gasteiger partial charge in [0.25, 0.3) is 0 Å². The summed E-state index contributed by atoms with van der Waals surface area (Å²) in [7, 11) is 2.13. The molecule has 0 saturated carbocycles. The maximum Gasteiger partial charge on any atom is 0.408 e. The lowest BCUT2D eigenvalue weighted by molar-refractivity contribution is -0.148. The number of hydrogen-bond donors (Lipinski definition) is 1. The van der Waals surface area contributed by atoms with Crippen molar-refractivity contribution >= 4 is 17.7 Å². The number of anilines is 1. The van der Waals surface area contributed by atoms with Crippen molar-refractivity contribution < 1.29 is 19.1 Å². The number of carbonyl (C=O) groups is 2. The van der Waals surface area contributed by atoms with Crippen LogP contribution in [-0.4, -0.2) is 61.8 Å². The number of rotatable bonds is 6. The van der Waals surface area contributed by atoms with Crippen LogP contribution in [0.15, 0.2) is 24.3 Å². The Morgan fingerprint density at radius 3 is 2.38 bits per heavy atom. The third-order valence-electron chi connectivity index (χ3n) is 4.75. The number of likely N-dealkylation sites (N-methyl/N-ethyl adjacent to an activating group) is 1. The Kier molecular flexibility index (Phi) is 7.90. The summed E-state index contributed by atoms with van der Waals surface area (Å²) < 4.78 is 10.8. The number of nitrogens with zero attached hydrogens (tertiary/aromatic N) is 2. The first-order valence-electron chi connectivity index (χ1n) is 10.2. The van der Waals surface area contributed by atoms with Gasteiger partial charge >= 0.3 is 12.1 Å². The average Bonchev–Trinajstić information content (AvgIpc) is 2.63. The van der Waals surface area contributed by atoms with Gasteiger partial charge in [0.2, 0.25) is 0 Å². The van der Waals surface area contributed by atoms with E-state index in [1.165, 1.54) is 0 Å². The molecule has 1 amide bonds. The smallest absolute Gasteiger partial charge is 0.408 e. The minimum atomic E-state index is -0.759. The molecule has 0 aliphatic carbocycles. The maximum absolute atomic E-state index is 12.6. The lowest BCUT2D eigenvalue weighted by Crippen LogP contribution is -2.47. The normalized spacial score (nSPS) is 16.4. The van der Waals surface area contributed by atoms with Crippen molar-refractivity contribution in [1.29, 1.82) is 0 Å². The fraction of sp³-hybridized carbons (Fsp3) is 0.636. The molecule has 1 atom stereocenters. The Labute approximate surface area is 174 Å². The van der Waals surface area contributed by atoms with Crippen LogP contribution in [0.3, 0.4) is 0 Å². The van der Waals surface area contributed by atoms with E-state index in [1.54, 1.807) is 20.8 Å². The second-order valence-electron chi connectivity index (χ2n) is 8.94. The number of piperazine rings is 1. The van der Waals surface area contributed by atoms with Crippen LogP contribution in [0.2, 0.25) is 0 Å². The van der Waals surface area contributed by atoms with Gasteiger partial charge in [-0.15, -0.1) is 0 Å². The second-order valence-corrected chi connectivity index (χ2v) is 8.94. The molecule has 1 aromatic carbocycles. The van der Waals surface area contributed by atoms with Gasteiger partial charge < -0.3 is 24.6 Å². The van der Waals surface area contributed by atoms with Gasteiger partial charge in [0, 0.05) is 31.9 Å². The standard InChI is InChI=1S/C22H35N3O4/c1-16(2)19(23-21(27)29-22(3,4)5)20(26)28-15-17-8-7-9-18(14-17)25-12-10-24(6)11-13-25/h7-9,14,16,19H,10-13,15H2,1-6H3,(H,23,27)/t19-/m0/s1. The number of benzene rings is 1. The van der Waals surface area contributed by atoms with Gasteiger partial charge in [-0.2, -0.15) is 0 Å². The highest BCUT2D eigenvalue weighted by molar-refractivity contribution is 5.81. The fourth-order valence-electron chi connectivity index (χ4n) is 3.08. The average molecular weight is 406 g/mol. The first-order valence-corrected chi connectivity index (χ1v) is 10.2. The summed E-state index contributed by atoms with van der Waals surface area (Å²) in [5.41, 5.74) is 1.44. The molecule has 1 N–H and O–H groups in total. The predicted octanol–water partition coefficient (Wildman–Crippen LogP) is 3.03. The zero-order valence-electron chi connectivity index (χ0n) is 18.5. The summed E-state index contributed by atoms with van der Waals surface area (Å²) in [6.45, 7) is 13.3. The molecule has 2 rings (SSSR count). The van der Waals surface area contributed by atoms with Crippen LogP contribution in [0.25, 0.3) is 0 Å². The molecule has 29 heavy (non-hydrogen) atoms. The van der Waals surface area contributed by atoms with Crippen LogP contribution >= 0.6 is 0 Å². The molecule has 0 unspecified atom stereocenters. The number of hydrogen-bond acceptors (Lipinski definition) is 6. The van der Waals surface area contributed by atoms with Crippen LogP contribution < -0.4 is 10.2 Å². The quantitative estimate of drug-likeness (QED) is 0.734. The second kappa shape index (κ2) is 9.96. The summed E-state index contributed by atoms with van der Waals surface area (Å²) in [5.74, 6) is -0.581. The molecule has 1 heterocycles. The van der Waals surface area contributed by atoms with Crippen LogP contribution in [-0.2, 0) is 20.9 Å². The van der Waals surface area contributed by atoms with Crippen LogP contribution in [0, 0.1) is 5.92 Å². The van der Waals surface area contributed by atoms with Crippen molar-refractivity contribution in [2.24, 2.45) is 5.92 Å². The van der Waals surface area contributed by atoms with Crippen molar-refractivity contribution in [3.8, 4) is 0 Å². The molecular weight excluding hydrogens is 370 g/mol. The molecule has 0 spiro atoms. The Morgan fingerprint density at radius 2 is 1.79 bits per heavy atom. The molecule has 1 fully saturated rings. The van der Waals surface area contributed by atoms with Gasteiger partial charge in [-0.3, -0.25) is 0 Å². The highest BCUT2D eigenvalue weighted by Crippen LogP contribution is 2.19. The number of carbonyl (C=O) groups excluding carboxylic acids is 2. The van der Waals surface area contributed by atoms with E-state index in [0.29, 0.717) is 0 Å². The number of amides is 1. The van der Waals surface area contributed by atoms with Crippen LogP contribution in [0.4, 0.5) is 10.5 Å². The minimum Gasteiger partial charge on any atom is -0.459 e. The first-order chi connectivity index (χ1) is 13.5. The summed E-state index contributed by atoms with van der Waals surface area (Å²) in [5, 5.41) is 2.63. The van der Waals surface area contributed by atoms with Gasteiger partial charge in [-0.1, -0.05) is 26.0 Å². The van der Waals surface area contributed by atoms with E-state index < -0.39 is 23.7 Å². The predicted molar refractivity (Wildman–Crippen MR) is 114 cm³/mol. The lowest BCUT2D eigenvalue weighted by Gasteiger charge is -2.34. The van der Waals surface area contributed by atoms with Crippen LogP contribution in [0.1, 0.15) is 40.2 Å². The van der Waals surface area contributed by atoms with Crippen molar-refractivity contribution in [1.82, 2.24) is 10.2 Å². The summed E-state index contributed by atoms with van der Waals surface area (Å²) in [4.78, 5) is 29.3. The van der Waals surface area contributed by atoms with E-state index in [2.05, 4.69) is 34.3 Å². The number of alkyl carbamates (subject to hydrolysis) is 1. The van der Waals surface area contributed by atoms with Gasteiger partial charge in [-0.05, 0) is 51.4 Å². The molecule has 0 radical (unpaired) electrons. The molecule has 1 saturated heterocycles. The van der Waals surface area contributed by atoms with Gasteiger partial charge in [0.15, 0.2) is 0 Å². The molecule has 7 nitrogen and oxygen atoms in total. The fourth-order valence-corrected chi connectivity index (χ4v) is 3.08. The maximum atomic E-state index is 12.6. The topological polar surface area (TPSA) is 71.1 Å². The summed E-state index contributed by atoms with van der Waals surface area (Å²) in [6, 6.07) is 7.31. The van der Waals surface area contributed by atoms with Crippen molar-refractivity contribution in [3.05, 3.63) is 29.8 Å². The van der Waals surface area contributed by atoms with E-state index in [1.807, 2.05) is 26.0 Å². The van der Waals surface area contributed by atoms with Crippen LogP contribution in [0.5, 0.6) is 0 Å². The molecule has 162 valence electrons. The van der Waals surface area contributed by atoms with E-state index in [4.69, 9.17) is 9.47 Å². The van der Waals surface area contributed by atoms with Gasteiger partial charge in [0.1, 0.15) is 18.2 Å². The van der Waals surface area contributed by atoms with Crippen molar-refractivity contribution in [3.63, 3.8) is 0 Å². The minimum absolute atomic E-state index is 0.119. The molecular formula is C22H35N3O4. The van der Waals surface area contributed by atoms with Crippen molar-refractivity contribution in [2.45, 2.75) is 52.9 Å². The zero-order valence-corrected chi connectivity index (χ0v) is 18.5. The SMILES string of the molecule is CC(C)[C@H](NC(=O)OC(C)(C)C)C(=O)OCc1cccc(N2CCN(C)CC2)c1. The zero-order chi connectivity index (χ0) is 21.6. The Morgan fingerprint density at radius 1 is 1.14 bits per heavy atom. The molecule has 1 aromatic rings. The Bertz CT molecular complexity index is 692. The van der Waals surface area contributed by atoms with E-state index in [-0.39, 0.29) is 12.5 Å². The third kappa shape index (κ3) is 7.57. The first kappa shape index (κ1) is 23.0. The van der Waals surface area contributed by atoms with Gasteiger partial charge in [0.05, 0.1) is 0 Å².